The van der Waals surface area contributed by atoms with E-state index in [-0.39, 0.29) is 0 Å². The molecule has 0 bridgehead atoms. The van der Waals surface area contributed by atoms with Crippen molar-refractivity contribution >= 4 is 11.6 Å². The van der Waals surface area contributed by atoms with Crippen molar-refractivity contribution in [2.75, 3.05) is 7.11 Å². The predicted molar refractivity (Wildman–Crippen MR) is 50.6 cm³/mol. The third-order valence-electron chi connectivity index (χ3n) is 1.44. The Labute approximate surface area is 77.3 Å². The Balaban J connectivity index is 3.09. The van der Waals surface area contributed by atoms with Crippen LogP contribution in [0.5, 0.6) is 5.75 Å². The molecule has 0 fully saturated rings. The van der Waals surface area contributed by atoms with Crippen molar-refractivity contribution in [1.29, 1.82) is 0 Å². The number of methoxy groups -OCH3 is 1. The average molecular weight is 181 g/mol. The first-order valence-corrected chi connectivity index (χ1v) is 3.92. The van der Waals surface area contributed by atoms with Gasteiger partial charge in [0.05, 0.1) is 12.1 Å². The largest absolute Gasteiger partial charge is 0.497 e. The summed E-state index contributed by atoms with van der Waals surface area (Å²) in [6.45, 7) is 1.78. The highest BCUT2D eigenvalue weighted by atomic mass is 35.5. The summed E-state index contributed by atoms with van der Waals surface area (Å²) in [5.74, 6) is 6.43. The minimum Gasteiger partial charge on any atom is -0.497 e. The van der Waals surface area contributed by atoms with E-state index in [0.717, 1.165) is 11.3 Å². The maximum atomic E-state index is 5.90. The van der Waals surface area contributed by atoms with Crippen molar-refractivity contribution in [1.82, 2.24) is 0 Å². The van der Waals surface area contributed by atoms with Gasteiger partial charge in [-0.05, 0) is 25.1 Å². The molecule has 0 spiro atoms. The molecule has 12 heavy (non-hydrogen) atoms. The molecular weight excluding hydrogens is 172 g/mol. The summed E-state index contributed by atoms with van der Waals surface area (Å²) in [5.41, 5.74) is 0.833. The van der Waals surface area contributed by atoms with Crippen LogP contribution < -0.4 is 4.74 Å². The van der Waals surface area contributed by atoms with Gasteiger partial charge in [-0.15, -0.1) is 5.92 Å². The molecule has 0 amide bonds. The first-order chi connectivity index (χ1) is 5.77. The molecular formula is C10H9ClO. The zero-order valence-corrected chi connectivity index (χ0v) is 7.77. The Morgan fingerprint density at radius 1 is 1.42 bits per heavy atom. The molecule has 0 aromatic heterocycles. The summed E-state index contributed by atoms with van der Waals surface area (Å²) in [5, 5.41) is 0.628. The molecule has 2 heteroatoms. The second-order valence-electron chi connectivity index (χ2n) is 2.22. The lowest BCUT2D eigenvalue weighted by Gasteiger charge is -2.00. The monoisotopic (exact) mass is 180 g/mol. The molecule has 1 nitrogen and oxygen atoms in total. The molecule has 0 aliphatic heterocycles. The fraction of sp³-hybridized carbons (Fsp3) is 0.200. The fourth-order valence-electron chi connectivity index (χ4n) is 0.859. The molecule has 0 aliphatic rings. The number of ether oxygens (including phenoxy) is 1. The molecule has 0 N–H and O–H groups in total. The van der Waals surface area contributed by atoms with Crippen LogP contribution in [0.1, 0.15) is 12.5 Å². The zero-order valence-electron chi connectivity index (χ0n) is 7.02. The van der Waals surface area contributed by atoms with Crippen LogP contribution in [0.4, 0.5) is 0 Å². The zero-order chi connectivity index (χ0) is 8.97. The van der Waals surface area contributed by atoms with Crippen LogP contribution in [-0.2, 0) is 0 Å². The van der Waals surface area contributed by atoms with Gasteiger partial charge in [0.1, 0.15) is 5.75 Å². The van der Waals surface area contributed by atoms with Gasteiger partial charge in [0.25, 0.3) is 0 Å². The Morgan fingerprint density at radius 2 is 2.17 bits per heavy atom. The maximum absolute atomic E-state index is 5.90. The van der Waals surface area contributed by atoms with E-state index in [9.17, 15) is 0 Å². The molecule has 0 aliphatic carbocycles. The van der Waals surface area contributed by atoms with Crippen LogP contribution in [-0.4, -0.2) is 7.11 Å². The van der Waals surface area contributed by atoms with E-state index in [4.69, 9.17) is 16.3 Å². The van der Waals surface area contributed by atoms with Crippen LogP contribution in [0.3, 0.4) is 0 Å². The van der Waals surface area contributed by atoms with Crippen molar-refractivity contribution in [3.63, 3.8) is 0 Å². The highest BCUT2D eigenvalue weighted by molar-refractivity contribution is 6.31. The van der Waals surface area contributed by atoms with E-state index in [0.29, 0.717) is 5.02 Å². The SMILES string of the molecule is CC#Cc1ccc(OC)cc1Cl. The highest BCUT2D eigenvalue weighted by Crippen LogP contribution is 2.21. The Hall–Kier alpha value is -1.13. The summed E-state index contributed by atoms with van der Waals surface area (Å²) in [7, 11) is 1.61. The van der Waals surface area contributed by atoms with Crippen LogP contribution in [0.25, 0.3) is 0 Å². The molecule has 1 rings (SSSR count). The standard InChI is InChI=1S/C10H9ClO/c1-3-4-8-5-6-9(12-2)7-10(8)11/h5-7H,1-2H3. The topological polar surface area (TPSA) is 9.23 Å². The molecule has 0 heterocycles. The fourth-order valence-corrected chi connectivity index (χ4v) is 1.08. The minimum atomic E-state index is 0.628. The Bertz CT molecular complexity index is 333. The normalized spacial score (nSPS) is 8.58. The molecule has 62 valence electrons. The lowest BCUT2D eigenvalue weighted by molar-refractivity contribution is 0.415. The van der Waals surface area contributed by atoms with Crippen molar-refractivity contribution in [3.05, 3.63) is 28.8 Å². The molecule has 0 saturated carbocycles. The third kappa shape index (κ3) is 1.93. The van der Waals surface area contributed by atoms with Gasteiger partial charge in [0, 0.05) is 5.56 Å². The van der Waals surface area contributed by atoms with E-state index in [1.54, 1.807) is 20.1 Å². The number of rotatable bonds is 1. The van der Waals surface area contributed by atoms with E-state index in [1.165, 1.54) is 0 Å². The van der Waals surface area contributed by atoms with Gasteiger partial charge in [-0.3, -0.25) is 0 Å². The lowest BCUT2D eigenvalue weighted by Crippen LogP contribution is -1.83. The molecule has 0 radical (unpaired) electrons. The van der Waals surface area contributed by atoms with E-state index >= 15 is 0 Å². The molecule has 0 atom stereocenters. The number of hydrogen-bond donors (Lipinski definition) is 0. The van der Waals surface area contributed by atoms with Crippen molar-refractivity contribution in [2.24, 2.45) is 0 Å². The van der Waals surface area contributed by atoms with E-state index in [2.05, 4.69) is 11.8 Å². The van der Waals surface area contributed by atoms with Crippen molar-refractivity contribution < 1.29 is 4.74 Å². The van der Waals surface area contributed by atoms with Gasteiger partial charge in [-0.2, -0.15) is 0 Å². The van der Waals surface area contributed by atoms with Gasteiger partial charge in [0.2, 0.25) is 0 Å². The molecule has 0 unspecified atom stereocenters. The second-order valence-corrected chi connectivity index (χ2v) is 2.63. The van der Waals surface area contributed by atoms with Crippen LogP contribution in [0.15, 0.2) is 18.2 Å². The van der Waals surface area contributed by atoms with E-state index < -0.39 is 0 Å². The summed E-state index contributed by atoms with van der Waals surface area (Å²) < 4.78 is 5.00. The summed E-state index contributed by atoms with van der Waals surface area (Å²) in [6.07, 6.45) is 0. The van der Waals surface area contributed by atoms with Crippen LogP contribution in [0.2, 0.25) is 5.02 Å². The Morgan fingerprint density at radius 3 is 2.67 bits per heavy atom. The quantitative estimate of drug-likeness (QED) is 0.604. The third-order valence-corrected chi connectivity index (χ3v) is 1.75. The molecule has 1 aromatic carbocycles. The number of hydrogen-bond acceptors (Lipinski definition) is 1. The molecule has 0 saturated heterocycles. The van der Waals surface area contributed by atoms with Gasteiger partial charge in [-0.25, -0.2) is 0 Å². The summed E-state index contributed by atoms with van der Waals surface area (Å²) in [6, 6.07) is 5.43. The predicted octanol–water partition coefficient (Wildman–Crippen LogP) is 2.72. The number of halogens is 1. The highest BCUT2D eigenvalue weighted by Gasteiger charge is 1.97. The maximum Gasteiger partial charge on any atom is 0.120 e. The van der Waals surface area contributed by atoms with Crippen LogP contribution in [0, 0.1) is 11.8 Å². The van der Waals surface area contributed by atoms with Gasteiger partial charge >= 0.3 is 0 Å². The first-order valence-electron chi connectivity index (χ1n) is 3.54. The second kappa shape index (κ2) is 4.04. The Kier molecular flexibility index (Phi) is 3.01. The summed E-state index contributed by atoms with van der Waals surface area (Å²) >= 11 is 5.90. The average Bonchev–Trinajstić information content (AvgIpc) is 2.09. The van der Waals surface area contributed by atoms with Crippen LogP contribution >= 0.6 is 11.6 Å². The molecule has 1 aromatic rings. The lowest BCUT2D eigenvalue weighted by atomic mass is 10.2. The van der Waals surface area contributed by atoms with Gasteiger partial charge in [0.15, 0.2) is 0 Å². The number of benzene rings is 1. The summed E-state index contributed by atoms with van der Waals surface area (Å²) in [4.78, 5) is 0. The van der Waals surface area contributed by atoms with Gasteiger partial charge < -0.3 is 4.74 Å². The first kappa shape index (κ1) is 8.96. The van der Waals surface area contributed by atoms with E-state index in [1.807, 2.05) is 12.1 Å². The van der Waals surface area contributed by atoms with Gasteiger partial charge in [-0.1, -0.05) is 17.5 Å². The minimum absolute atomic E-state index is 0.628. The van der Waals surface area contributed by atoms with Crippen molar-refractivity contribution in [2.45, 2.75) is 6.92 Å². The smallest absolute Gasteiger partial charge is 0.120 e. The van der Waals surface area contributed by atoms with Crippen molar-refractivity contribution in [3.8, 4) is 17.6 Å².